The van der Waals surface area contributed by atoms with Gasteiger partial charge in [-0.25, -0.2) is 0 Å². The minimum atomic E-state index is -4.10. The van der Waals surface area contributed by atoms with Crippen molar-refractivity contribution in [2.75, 3.05) is 26.2 Å². The molecule has 0 spiro atoms. The molecule has 0 amide bonds. The molecule has 1 aliphatic carbocycles. The van der Waals surface area contributed by atoms with E-state index in [1.807, 2.05) is 6.92 Å². The lowest BCUT2D eigenvalue weighted by Crippen LogP contribution is -2.46. The van der Waals surface area contributed by atoms with Crippen molar-refractivity contribution in [3.63, 3.8) is 0 Å². The Morgan fingerprint density at radius 2 is 1.80 bits per heavy atom. The quantitative estimate of drug-likeness (QED) is 0.732. The fourth-order valence-electron chi connectivity index (χ4n) is 3.19. The maximum atomic E-state index is 12.7. The van der Waals surface area contributed by atoms with Crippen molar-refractivity contribution in [1.82, 2.24) is 10.2 Å². The predicted molar refractivity (Wildman–Crippen MR) is 76.8 cm³/mol. The first-order valence-electron chi connectivity index (χ1n) is 7.79. The van der Waals surface area contributed by atoms with E-state index in [9.17, 15) is 13.2 Å². The molecule has 0 aromatic rings. The zero-order valence-corrected chi connectivity index (χ0v) is 13.0. The van der Waals surface area contributed by atoms with E-state index in [4.69, 9.17) is 0 Å². The summed E-state index contributed by atoms with van der Waals surface area (Å²) in [7, 11) is 0. The van der Waals surface area contributed by atoms with E-state index < -0.39 is 12.7 Å². The molecule has 1 fully saturated rings. The SMILES string of the molecule is CCCN(CC(F)(F)F)CC1(CNC(C)C)CCCC1. The Morgan fingerprint density at radius 1 is 1.20 bits per heavy atom. The van der Waals surface area contributed by atoms with Gasteiger partial charge in [-0.1, -0.05) is 33.6 Å². The summed E-state index contributed by atoms with van der Waals surface area (Å²) < 4.78 is 38.1. The van der Waals surface area contributed by atoms with Crippen molar-refractivity contribution in [1.29, 1.82) is 0 Å². The zero-order valence-electron chi connectivity index (χ0n) is 13.0. The summed E-state index contributed by atoms with van der Waals surface area (Å²) in [6.45, 7) is 7.28. The van der Waals surface area contributed by atoms with Crippen LogP contribution in [-0.2, 0) is 0 Å². The maximum absolute atomic E-state index is 12.7. The van der Waals surface area contributed by atoms with Gasteiger partial charge in [-0.3, -0.25) is 4.90 Å². The molecule has 5 heteroatoms. The molecule has 0 aromatic carbocycles. The lowest BCUT2D eigenvalue weighted by molar-refractivity contribution is -0.149. The predicted octanol–water partition coefficient (Wildman–Crippen LogP) is 3.82. The second-order valence-corrected chi connectivity index (χ2v) is 6.57. The molecule has 0 bridgehead atoms. The number of rotatable bonds is 8. The van der Waals surface area contributed by atoms with Crippen LogP contribution in [0.4, 0.5) is 13.2 Å². The van der Waals surface area contributed by atoms with Crippen molar-refractivity contribution < 1.29 is 13.2 Å². The van der Waals surface area contributed by atoms with Crippen LogP contribution in [0.2, 0.25) is 0 Å². The number of nitrogens with one attached hydrogen (secondary N) is 1. The van der Waals surface area contributed by atoms with Crippen LogP contribution < -0.4 is 5.32 Å². The Hall–Kier alpha value is -0.290. The second-order valence-electron chi connectivity index (χ2n) is 6.57. The highest BCUT2D eigenvalue weighted by Crippen LogP contribution is 2.39. The summed E-state index contributed by atoms with van der Waals surface area (Å²) in [5.74, 6) is 0. The molecule has 120 valence electrons. The molecule has 0 heterocycles. The van der Waals surface area contributed by atoms with Crippen LogP contribution in [0.25, 0.3) is 0 Å². The number of nitrogens with zero attached hydrogens (tertiary/aromatic N) is 1. The van der Waals surface area contributed by atoms with Gasteiger partial charge in [-0.15, -0.1) is 0 Å². The van der Waals surface area contributed by atoms with E-state index in [1.54, 1.807) is 4.90 Å². The average molecular weight is 294 g/mol. The van der Waals surface area contributed by atoms with Gasteiger partial charge in [0, 0.05) is 19.1 Å². The molecule has 0 atom stereocenters. The average Bonchev–Trinajstić information content (AvgIpc) is 2.74. The third-order valence-electron chi connectivity index (χ3n) is 4.05. The molecular weight excluding hydrogens is 265 g/mol. The molecule has 1 N–H and O–H groups in total. The normalized spacial score (nSPS) is 19.2. The van der Waals surface area contributed by atoms with Crippen molar-refractivity contribution in [3.05, 3.63) is 0 Å². The molecule has 0 aromatic heterocycles. The van der Waals surface area contributed by atoms with E-state index in [0.29, 0.717) is 19.1 Å². The molecule has 2 nitrogen and oxygen atoms in total. The first-order valence-corrected chi connectivity index (χ1v) is 7.79. The Bertz CT molecular complexity index is 271. The van der Waals surface area contributed by atoms with Crippen LogP contribution >= 0.6 is 0 Å². The molecule has 0 unspecified atom stereocenters. The van der Waals surface area contributed by atoms with Gasteiger partial charge in [-0.2, -0.15) is 13.2 Å². The van der Waals surface area contributed by atoms with Gasteiger partial charge in [0.05, 0.1) is 6.54 Å². The molecular formula is C15H29F3N2. The first kappa shape index (κ1) is 17.8. The third kappa shape index (κ3) is 6.44. The van der Waals surface area contributed by atoms with Gasteiger partial charge in [0.15, 0.2) is 0 Å². The summed E-state index contributed by atoms with van der Waals surface area (Å²) in [6, 6.07) is 0.384. The van der Waals surface area contributed by atoms with Crippen LogP contribution in [0.15, 0.2) is 0 Å². The molecule has 0 aliphatic heterocycles. The highest BCUT2D eigenvalue weighted by atomic mass is 19.4. The minimum Gasteiger partial charge on any atom is -0.314 e. The monoisotopic (exact) mass is 294 g/mol. The number of hydrogen-bond acceptors (Lipinski definition) is 2. The molecule has 1 rings (SSSR count). The first-order chi connectivity index (χ1) is 9.26. The lowest BCUT2D eigenvalue weighted by atomic mass is 9.85. The topological polar surface area (TPSA) is 15.3 Å². The number of hydrogen-bond donors (Lipinski definition) is 1. The van der Waals surface area contributed by atoms with Gasteiger partial charge in [0.2, 0.25) is 0 Å². The molecule has 1 aliphatic rings. The van der Waals surface area contributed by atoms with Crippen molar-refractivity contribution in [2.24, 2.45) is 5.41 Å². The third-order valence-corrected chi connectivity index (χ3v) is 4.05. The largest absolute Gasteiger partial charge is 0.401 e. The molecule has 20 heavy (non-hydrogen) atoms. The highest BCUT2D eigenvalue weighted by Gasteiger charge is 2.38. The van der Waals surface area contributed by atoms with Crippen molar-refractivity contribution in [2.45, 2.75) is 65.1 Å². The summed E-state index contributed by atoms with van der Waals surface area (Å²) in [6.07, 6.45) is 1.05. The molecule has 0 saturated heterocycles. The van der Waals surface area contributed by atoms with E-state index in [1.165, 1.54) is 0 Å². The number of alkyl halides is 3. The van der Waals surface area contributed by atoms with Gasteiger partial charge in [-0.05, 0) is 31.2 Å². The van der Waals surface area contributed by atoms with Gasteiger partial charge in [0.25, 0.3) is 0 Å². The summed E-state index contributed by atoms with van der Waals surface area (Å²) in [4.78, 5) is 1.60. The fraction of sp³-hybridized carbons (Fsp3) is 1.00. The standard InChI is InChI=1S/C15H29F3N2/c1-4-9-20(12-15(16,17)18)11-14(7-5-6-8-14)10-19-13(2)3/h13,19H,4-12H2,1-3H3. The van der Waals surface area contributed by atoms with Crippen molar-refractivity contribution >= 4 is 0 Å². The van der Waals surface area contributed by atoms with Crippen LogP contribution in [0.1, 0.15) is 52.9 Å². The van der Waals surface area contributed by atoms with Gasteiger partial charge >= 0.3 is 6.18 Å². The zero-order chi connectivity index (χ0) is 15.2. The van der Waals surface area contributed by atoms with Crippen LogP contribution in [0.5, 0.6) is 0 Å². The second kappa shape index (κ2) is 7.64. The molecule has 0 radical (unpaired) electrons. The Kier molecular flexibility index (Phi) is 6.79. The van der Waals surface area contributed by atoms with Gasteiger partial charge in [0.1, 0.15) is 0 Å². The Morgan fingerprint density at radius 3 is 2.25 bits per heavy atom. The van der Waals surface area contributed by atoms with E-state index >= 15 is 0 Å². The highest BCUT2D eigenvalue weighted by molar-refractivity contribution is 4.90. The smallest absolute Gasteiger partial charge is 0.314 e. The Balaban J connectivity index is 2.64. The summed E-state index contributed by atoms with van der Waals surface area (Å²) in [5.41, 5.74) is 0.0324. The van der Waals surface area contributed by atoms with E-state index in [0.717, 1.165) is 38.6 Å². The van der Waals surface area contributed by atoms with Crippen LogP contribution in [-0.4, -0.2) is 43.3 Å². The van der Waals surface area contributed by atoms with E-state index in [2.05, 4.69) is 19.2 Å². The summed E-state index contributed by atoms with van der Waals surface area (Å²) in [5, 5.41) is 3.43. The Labute approximate surface area is 121 Å². The summed E-state index contributed by atoms with van der Waals surface area (Å²) >= 11 is 0. The van der Waals surface area contributed by atoms with E-state index in [-0.39, 0.29) is 5.41 Å². The van der Waals surface area contributed by atoms with Crippen molar-refractivity contribution in [3.8, 4) is 0 Å². The van der Waals surface area contributed by atoms with Crippen LogP contribution in [0.3, 0.4) is 0 Å². The van der Waals surface area contributed by atoms with Gasteiger partial charge < -0.3 is 5.32 Å². The van der Waals surface area contributed by atoms with Crippen LogP contribution in [0, 0.1) is 5.41 Å². The maximum Gasteiger partial charge on any atom is 0.401 e. The fourth-order valence-corrected chi connectivity index (χ4v) is 3.19. The minimum absolute atomic E-state index is 0.0324. The lowest BCUT2D eigenvalue weighted by Gasteiger charge is -2.36. The molecule has 1 saturated carbocycles. The number of halogens is 3.